The summed E-state index contributed by atoms with van der Waals surface area (Å²) in [5.74, 6) is 0.335. The summed E-state index contributed by atoms with van der Waals surface area (Å²) in [5.41, 5.74) is 0. The van der Waals surface area contributed by atoms with Gasteiger partial charge in [0.1, 0.15) is 0 Å². The Morgan fingerprint density at radius 3 is 2.45 bits per heavy atom. The van der Waals surface area contributed by atoms with Crippen LogP contribution in [-0.4, -0.2) is 31.3 Å². The van der Waals surface area contributed by atoms with Crippen molar-refractivity contribution in [3.05, 3.63) is 0 Å². The van der Waals surface area contributed by atoms with E-state index in [9.17, 15) is 13.2 Å². The Labute approximate surface area is 147 Å². The van der Waals surface area contributed by atoms with E-state index in [4.69, 9.17) is 0 Å². The van der Waals surface area contributed by atoms with E-state index in [0.29, 0.717) is 24.9 Å². The summed E-state index contributed by atoms with van der Waals surface area (Å²) < 4.78 is 38.4. The van der Waals surface area contributed by atoms with Crippen LogP contribution in [-0.2, 0) is 0 Å². The minimum absolute atomic E-state index is 0. The second-order valence-electron chi connectivity index (χ2n) is 6.45. The molecule has 0 radical (unpaired) electrons. The standard InChI is InChI=1S/C15H26F3N3.HI/c1-3-19-14(21-13-7-10(13)2)20-9-11-5-4-6-12(8-11)15(16,17)18;/h10-13H,3-9H2,1-2H3,(H2,19,20,21);1H. The largest absolute Gasteiger partial charge is 0.391 e. The zero-order valence-electron chi connectivity index (χ0n) is 13.2. The maximum Gasteiger partial charge on any atom is 0.391 e. The van der Waals surface area contributed by atoms with Gasteiger partial charge < -0.3 is 10.6 Å². The number of nitrogens with one attached hydrogen (secondary N) is 2. The smallest absolute Gasteiger partial charge is 0.357 e. The van der Waals surface area contributed by atoms with Gasteiger partial charge in [0.05, 0.1) is 5.92 Å². The third-order valence-electron chi connectivity index (χ3n) is 4.53. The van der Waals surface area contributed by atoms with E-state index >= 15 is 0 Å². The molecule has 2 N–H and O–H groups in total. The van der Waals surface area contributed by atoms with Crippen LogP contribution in [0.4, 0.5) is 13.2 Å². The van der Waals surface area contributed by atoms with Crippen molar-refractivity contribution in [3.8, 4) is 0 Å². The average molecular weight is 433 g/mol. The molecule has 2 saturated carbocycles. The molecule has 2 aliphatic rings. The number of hydrogen-bond acceptors (Lipinski definition) is 1. The normalized spacial score (nSPS) is 32.1. The number of alkyl halides is 3. The van der Waals surface area contributed by atoms with Crippen molar-refractivity contribution in [2.75, 3.05) is 13.1 Å². The molecule has 2 rings (SSSR count). The monoisotopic (exact) mass is 433 g/mol. The van der Waals surface area contributed by atoms with Crippen molar-refractivity contribution in [1.82, 2.24) is 10.6 Å². The summed E-state index contributed by atoms with van der Waals surface area (Å²) >= 11 is 0. The molecule has 7 heteroatoms. The Balaban J connectivity index is 0.00000242. The van der Waals surface area contributed by atoms with E-state index in [1.54, 1.807) is 0 Å². The lowest BCUT2D eigenvalue weighted by Crippen LogP contribution is -2.39. The number of rotatable bonds is 4. The van der Waals surface area contributed by atoms with Crippen molar-refractivity contribution in [1.29, 1.82) is 0 Å². The van der Waals surface area contributed by atoms with Crippen LogP contribution in [0.15, 0.2) is 4.99 Å². The van der Waals surface area contributed by atoms with Gasteiger partial charge in [-0.2, -0.15) is 13.2 Å². The zero-order valence-corrected chi connectivity index (χ0v) is 15.6. The number of aliphatic imine (C=N–C) groups is 1. The van der Waals surface area contributed by atoms with Crippen molar-refractivity contribution in [2.45, 2.75) is 58.2 Å². The van der Waals surface area contributed by atoms with E-state index in [1.807, 2.05) is 6.92 Å². The molecule has 0 heterocycles. The lowest BCUT2D eigenvalue weighted by molar-refractivity contribution is -0.185. The van der Waals surface area contributed by atoms with Crippen molar-refractivity contribution >= 4 is 29.9 Å². The van der Waals surface area contributed by atoms with E-state index in [1.165, 1.54) is 0 Å². The topological polar surface area (TPSA) is 36.4 Å². The van der Waals surface area contributed by atoms with Crippen LogP contribution in [0.3, 0.4) is 0 Å². The number of halogens is 4. The predicted molar refractivity (Wildman–Crippen MR) is 93.6 cm³/mol. The van der Waals surface area contributed by atoms with Crippen molar-refractivity contribution in [3.63, 3.8) is 0 Å². The highest BCUT2D eigenvalue weighted by Crippen LogP contribution is 2.39. The summed E-state index contributed by atoms with van der Waals surface area (Å²) in [5, 5.41) is 6.51. The number of hydrogen-bond donors (Lipinski definition) is 2. The summed E-state index contributed by atoms with van der Waals surface area (Å²) in [7, 11) is 0. The predicted octanol–water partition coefficient (Wildman–Crippen LogP) is 3.94. The van der Waals surface area contributed by atoms with Crippen LogP contribution >= 0.6 is 24.0 Å². The van der Waals surface area contributed by atoms with Gasteiger partial charge in [-0.15, -0.1) is 24.0 Å². The average Bonchev–Trinajstić information content (AvgIpc) is 3.11. The first kappa shape index (κ1) is 19.8. The lowest BCUT2D eigenvalue weighted by atomic mass is 9.81. The number of nitrogens with zero attached hydrogens (tertiary/aromatic N) is 1. The summed E-state index contributed by atoms with van der Waals surface area (Å²) in [4.78, 5) is 4.50. The second kappa shape index (κ2) is 8.59. The molecule has 0 bridgehead atoms. The molecule has 2 fully saturated rings. The summed E-state index contributed by atoms with van der Waals surface area (Å²) in [6.07, 6.45) is -0.879. The molecule has 0 aromatic carbocycles. The Kier molecular flexibility index (Phi) is 7.74. The molecule has 0 spiro atoms. The summed E-state index contributed by atoms with van der Waals surface area (Å²) in [6, 6.07) is 0.470. The zero-order chi connectivity index (χ0) is 15.5. The van der Waals surface area contributed by atoms with Crippen molar-refractivity contribution < 1.29 is 13.2 Å². The molecule has 4 unspecified atom stereocenters. The Morgan fingerprint density at radius 2 is 1.91 bits per heavy atom. The molecule has 0 amide bonds. The minimum atomic E-state index is -4.05. The minimum Gasteiger partial charge on any atom is -0.357 e. The molecule has 22 heavy (non-hydrogen) atoms. The molecule has 0 aromatic rings. The van der Waals surface area contributed by atoms with E-state index in [-0.39, 0.29) is 42.7 Å². The molecular formula is C15H27F3IN3. The van der Waals surface area contributed by atoms with Crippen molar-refractivity contribution in [2.24, 2.45) is 22.7 Å². The van der Waals surface area contributed by atoms with Gasteiger partial charge in [0.25, 0.3) is 0 Å². The molecule has 4 atom stereocenters. The Hall–Kier alpha value is -0.210. The Bertz CT molecular complexity index is 374. The fourth-order valence-corrected chi connectivity index (χ4v) is 2.99. The van der Waals surface area contributed by atoms with Crippen LogP contribution < -0.4 is 10.6 Å². The van der Waals surface area contributed by atoms with Gasteiger partial charge in [-0.1, -0.05) is 13.3 Å². The maximum atomic E-state index is 12.8. The molecule has 130 valence electrons. The van der Waals surface area contributed by atoms with Gasteiger partial charge in [-0.3, -0.25) is 4.99 Å². The van der Waals surface area contributed by atoms with E-state index in [2.05, 4.69) is 22.5 Å². The van der Waals surface area contributed by atoms with Gasteiger partial charge in [0, 0.05) is 19.1 Å². The van der Waals surface area contributed by atoms with Gasteiger partial charge in [-0.05, 0) is 44.4 Å². The number of guanidine groups is 1. The molecule has 0 aromatic heterocycles. The van der Waals surface area contributed by atoms with E-state index < -0.39 is 12.1 Å². The molecular weight excluding hydrogens is 406 g/mol. The van der Waals surface area contributed by atoms with Crippen LogP contribution in [0.5, 0.6) is 0 Å². The highest BCUT2D eigenvalue weighted by atomic mass is 127. The maximum absolute atomic E-state index is 12.8. The Morgan fingerprint density at radius 1 is 1.23 bits per heavy atom. The van der Waals surface area contributed by atoms with Crippen LogP contribution in [0, 0.1) is 17.8 Å². The van der Waals surface area contributed by atoms with Gasteiger partial charge in [-0.25, -0.2) is 0 Å². The molecule has 3 nitrogen and oxygen atoms in total. The first-order valence-electron chi connectivity index (χ1n) is 8.01. The van der Waals surface area contributed by atoms with E-state index in [0.717, 1.165) is 25.3 Å². The first-order chi connectivity index (χ1) is 9.90. The van der Waals surface area contributed by atoms with Crippen LogP contribution in [0.25, 0.3) is 0 Å². The highest BCUT2D eigenvalue weighted by Gasteiger charge is 2.42. The van der Waals surface area contributed by atoms with Crippen LogP contribution in [0.1, 0.15) is 46.0 Å². The third-order valence-corrected chi connectivity index (χ3v) is 4.53. The SMILES string of the molecule is CCNC(=NCC1CCCC(C(F)(F)F)C1)NC1CC1C.I. The second-order valence-corrected chi connectivity index (χ2v) is 6.45. The third kappa shape index (κ3) is 6.12. The fraction of sp³-hybridized carbons (Fsp3) is 0.933. The van der Waals surface area contributed by atoms with Gasteiger partial charge in [0.2, 0.25) is 0 Å². The fourth-order valence-electron chi connectivity index (χ4n) is 2.99. The van der Waals surface area contributed by atoms with Crippen LogP contribution in [0.2, 0.25) is 0 Å². The van der Waals surface area contributed by atoms with Gasteiger partial charge >= 0.3 is 6.18 Å². The molecule has 0 saturated heterocycles. The lowest BCUT2D eigenvalue weighted by Gasteiger charge is -2.29. The highest BCUT2D eigenvalue weighted by molar-refractivity contribution is 14.0. The quantitative estimate of drug-likeness (QED) is 0.401. The first-order valence-corrected chi connectivity index (χ1v) is 8.01. The molecule has 2 aliphatic carbocycles. The summed E-state index contributed by atoms with van der Waals surface area (Å²) in [6.45, 7) is 5.43. The van der Waals surface area contributed by atoms with Gasteiger partial charge in [0.15, 0.2) is 5.96 Å². The molecule has 0 aliphatic heterocycles.